The number of benzene rings is 1. The van der Waals surface area contributed by atoms with E-state index in [1.54, 1.807) is 20.0 Å². The number of carboxylic acids is 1. The average molecular weight is 574 g/mol. The molecule has 1 heterocycles. The SMILES string of the molecule is CC(C)CC(NC(=O)C(CCC(N)=O)NC(=O)C(N)Cc1c[nH]c2ccccc12)C(=O)NC(CCC(N)=O)C(=O)O. The van der Waals surface area contributed by atoms with E-state index in [2.05, 4.69) is 20.9 Å². The van der Waals surface area contributed by atoms with Crippen LogP contribution < -0.4 is 33.2 Å². The van der Waals surface area contributed by atoms with Gasteiger partial charge in [-0.2, -0.15) is 0 Å². The number of hydrogen-bond donors (Lipinski definition) is 8. The van der Waals surface area contributed by atoms with E-state index in [1.165, 1.54) is 0 Å². The first-order valence-corrected chi connectivity index (χ1v) is 13.3. The number of aliphatic carboxylic acids is 1. The number of nitrogens with two attached hydrogens (primary N) is 3. The summed E-state index contributed by atoms with van der Waals surface area (Å²) in [6.07, 6.45) is 1.17. The molecule has 1 aromatic carbocycles. The Labute approximate surface area is 237 Å². The second kappa shape index (κ2) is 15.4. The van der Waals surface area contributed by atoms with Crippen LogP contribution in [0, 0.1) is 5.92 Å². The molecule has 224 valence electrons. The van der Waals surface area contributed by atoms with Crippen LogP contribution in [0.3, 0.4) is 0 Å². The van der Waals surface area contributed by atoms with Gasteiger partial charge in [-0.1, -0.05) is 32.0 Å². The fourth-order valence-electron chi connectivity index (χ4n) is 4.26. The number of H-pyrrole nitrogens is 1. The topological polar surface area (TPSA) is 253 Å². The van der Waals surface area contributed by atoms with Gasteiger partial charge in [0.15, 0.2) is 0 Å². The zero-order valence-corrected chi connectivity index (χ0v) is 23.1. The zero-order chi connectivity index (χ0) is 30.7. The van der Waals surface area contributed by atoms with Crippen LogP contribution in [0.1, 0.15) is 51.5 Å². The van der Waals surface area contributed by atoms with Crippen molar-refractivity contribution in [1.82, 2.24) is 20.9 Å². The van der Waals surface area contributed by atoms with Crippen LogP contribution in [0.5, 0.6) is 0 Å². The lowest BCUT2D eigenvalue weighted by atomic mass is 10.0. The number of hydrogen-bond acceptors (Lipinski definition) is 7. The predicted molar refractivity (Wildman–Crippen MR) is 150 cm³/mol. The lowest BCUT2D eigenvalue weighted by molar-refractivity contribution is -0.142. The summed E-state index contributed by atoms with van der Waals surface area (Å²) < 4.78 is 0. The van der Waals surface area contributed by atoms with Crippen molar-refractivity contribution in [3.8, 4) is 0 Å². The van der Waals surface area contributed by atoms with E-state index in [9.17, 15) is 33.9 Å². The minimum Gasteiger partial charge on any atom is -0.480 e. The summed E-state index contributed by atoms with van der Waals surface area (Å²) in [7, 11) is 0. The molecule has 0 bridgehead atoms. The molecule has 14 nitrogen and oxygen atoms in total. The minimum absolute atomic E-state index is 0.0943. The first-order chi connectivity index (χ1) is 19.3. The van der Waals surface area contributed by atoms with Gasteiger partial charge in [0, 0.05) is 29.9 Å². The molecule has 0 fully saturated rings. The Kier molecular flexibility index (Phi) is 12.3. The maximum atomic E-state index is 13.3. The third-order valence-electron chi connectivity index (χ3n) is 6.40. The van der Waals surface area contributed by atoms with Gasteiger partial charge in [-0.3, -0.25) is 24.0 Å². The molecule has 1 aromatic heterocycles. The standard InChI is InChI=1S/C27H39N7O7/c1-14(2)11-21(26(39)33-20(27(40)41)8-10-23(30)36)34-25(38)19(7-9-22(29)35)32-24(37)17(28)12-15-13-31-18-6-4-3-5-16(15)18/h3-6,13-14,17,19-21,31H,7-12,28H2,1-2H3,(H2,29,35)(H2,30,36)(H,32,37)(H,33,39)(H,34,38)(H,40,41). The van der Waals surface area contributed by atoms with Crippen LogP contribution >= 0.6 is 0 Å². The molecule has 0 saturated heterocycles. The average Bonchev–Trinajstić information content (AvgIpc) is 3.30. The molecule has 0 saturated carbocycles. The highest BCUT2D eigenvalue weighted by Crippen LogP contribution is 2.19. The van der Waals surface area contributed by atoms with Crippen molar-refractivity contribution >= 4 is 46.4 Å². The van der Waals surface area contributed by atoms with Crippen LogP contribution in [-0.4, -0.2) is 69.8 Å². The van der Waals surface area contributed by atoms with Crippen molar-refractivity contribution in [3.05, 3.63) is 36.0 Å². The lowest BCUT2D eigenvalue weighted by Crippen LogP contribution is -2.57. The number of carboxylic acid groups (broad SMARTS) is 1. The number of nitrogens with one attached hydrogen (secondary N) is 4. The molecule has 0 aliphatic rings. The summed E-state index contributed by atoms with van der Waals surface area (Å²) in [6, 6.07) is 2.63. The fraction of sp³-hybridized carbons (Fsp3) is 0.481. The molecule has 0 radical (unpaired) electrons. The number of primary amides is 2. The molecule has 14 heteroatoms. The number of carbonyl (C=O) groups excluding carboxylic acids is 5. The van der Waals surface area contributed by atoms with Gasteiger partial charge < -0.3 is 43.2 Å². The quantitative estimate of drug-likeness (QED) is 0.118. The highest BCUT2D eigenvalue weighted by Gasteiger charge is 2.31. The Morgan fingerprint density at radius 3 is 1.95 bits per heavy atom. The highest BCUT2D eigenvalue weighted by molar-refractivity contribution is 5.94. The lowest BCUT2D eigenvalue weighted by Gasteiger charge is -2.26. The molecule has 0 aliphatic carbocycles. The van der Waals surface area contributed by atoms with Crippen LogP contribution in [0.2, 0.25) is 0 Å². The Hall–Kier alpha value is -4.46. The Balaban J connectivity index is 2.15. The first-order valence-electron chi connectivity index (χ1n) is 13.3. The number of carbonyl (C=O) groups is 6. The number of aromatic nitrogens is 1. The summed E-state index contributed by atoms with van der Waals surface area (Å²) in [5.41, 5.74) is 18.2. The minimum atomic E-state index is -1.41. The second-order valence-corrected chi connectivity index (χ2v) is 10.3. The van der Waals surface area contributed by atoms with Crippen molar-refractivity contribution in [3.63, 3.8) is 0 Å². The number of aromatic amines is 1. The van der Waals surface area contributed by atoms with E-state index in [0.29, 0.717) is 0 Å². The highest BCUT2D eigenvalue weighted by atomic mass is 16.4. The number of fused-ring (bicyclic) bond motifs is 1. The van der Waals surface area contributed by atoms with Crippen molar-refractivity contribution in [1.29, 1.82) is 0 Å². The number of para-hydroxylation sites is 1. The van der Waals surface area contributed by atoms with Crippen LogP contribution in [0.4, 0.5) is 0 Å². The molecule has 41 heavy (non-hydrogen) atoms. The van der Waals surface area contributed by atoms with Crippen molar-refractivity contribution < 1.29 is 33.9 Å². The van der Waals surface area contributed by atoms with E-state index in [4.69, 9.17) is 17.2 Å². The largest absolute Gasteiger partial charge is 0.480 e. The van der Waals surface area contributed by atoms with E-state index >= 15 is 0 Å². The summed E-state index contributed by atoms with van der Waals surface area (Å²) in [4.78, 5) is 76.5. The van der Waals surface area contributed by atoms with Crippen molar-refractivity contribution in [2.24, 2.45) is 23.1 Å². The van der Waals surface area contributed by atoms with E-state index in [1.807, 2.05) is 24.3 Å². The number of amides is 5. The van der Waals surface area contributed by atoms with Crippen molar-refractivity contribution in [2.75, 3.05) is 0 Å². The smallest absolute Gasteiger partial charge is 0.326 e. The van der Waals surface area contributed by atoms with Gasteiger partial charge >= 0.3 is 5.97 Å². The van der Waals surface area contributed by atoms with Crippen LogP contribution in [0.25, 0.3) is 10.9 Å². The molecule has 4 atom stereocenters. The first kappa shape index (κ1) is 32.8. The summed E-state index contributed by atoms with van der Waals surface area (Å²) in [5.74, 6) is -5.11. The molecular weight excluding hydrogens is 534 g/mol. The van der Waals surface area contributed by atoms with Gasteiger partial charge in [0.2, 0.25) is 29.5 Å². The monoisotopic (exact) mass is 573 g/mol. The molecule has 2 rings (SSSR count). The Morgan fingerprint density at radius 1 is 0.829 bits per heavy atom. The van der Waals surface area contributed by atoms with E-state index in [-0.39, 0.29) is 44.4 Å². The predicted octanol–water partition coefficient (Wildman–Crippen LogP) is -0.846. The molecular formula is C27H39N7O7. The molecule has 4 unspecified atom stereocenters. The molecule has 0 spiro atoms. The third-order valence-corrected chi connectivity index (χ3v) is 6.40. The Bertz CT molecular complexity index is 1260. The third kappa shape index (κ3) is 10.6. The molecule has 5 amide bonds. The summed E-state index contributed by atoms with van der Waals surface area (Å²) in [6.45, 7) is 3.59. The van der Waals surface area contributed by atoms with E-state index < -0.39 is 59.7 Å². The second-order valence-electron chi connectivity index (χ2n) is 10.3. The van der Waals surface area contributed by atoms with Gasteiger partial charge in [0.05, 0.1) is 6.04 Å². The molecule has 2 aromatic rings. The molecule has 11 N–H and O–H groups in total. The van der Waals surface area contributed by atoms with Gasteiger partial charge in [-0.05, 0) is 43.2 Å². The van der Waals surface area contributed by atoms with Crippen LogP contribution in [0.15, 0.2) is 30.5 Å². The summed E-state index contributed by atoms with van der Waals surface area (Å²) in [5, 5.41) is 17.8. The zero-order valence-electron chi connectivity index (χ0n) is 23.1. The van der Waals surface area contributed by atoms with Gasteiger partial charge in [0.1, 0.15) is 18.1 Å². The van der Waals surface area contributed by atoms with Gasteiger partial charge in [0.25, 0.3) is 0 Å². The maximum absolute atomic E-state index is 13.3. The Morgan fingerprint density at radius 2 is 1.37 bits per heavy atom. The normalized spacial score (nSPS) is 14.0. The maximum Gasteiger partial charge on any atom is 0.326 e. The van der Waals surface area contributed by atoms with Crippen molar-refractivity contribution in [2.45, 2.75) is 76.5 Å². The number of rotatable bonds is 17. The fourth-order valence-corrected chi connectivity index (χ4v) is 4.26. The van der Waals surface area contributed by atoms with Gasteiger partial charge in [-0.25, -0.2) is 4.79 Å². The van der Waals surface area contributed by atoms with Crippen LogP contribution in [-0.2, 0) is 35.2 Å². The molecule has 0 aliphatic heterocycles. The van der Waals surface area contributed by atoms with Gasteiger partial charge in [-0.15, -0.1) is 0 Å². The summed E-state index contributed by atoms with van der Waals surface area (Å²) >= 11 is 0. The van der Waals surface area contributed by atoms with E-state index in [0.717, 1.165) is 16.5 Å².